The Labute approximate surface area is 116 Å². The lowest BCUT2D eigenvalue weighted by Gasteiger charge is -2.25. The van der Waals surface area contributed by atoms with Gasteiger partial charge >= 0.3 is 12.1 Å². The molecule has 0 spiro atoms. The molecular formula is C13H21F2NO4. The van der Waals surface area contributed by atoms with Gasteiger partial charge in [-0.1, -0.05) is 0 Å². The van der Waals surface area contributed by atoms with Crippen LogP contribution in [0.3, 0.4) is 0 Å². The van der Waals surface area contributed by atoms with Gasteiger partial charge in [0.2, 0.25) is 0 Å². The Bertz CT molecular complexity index is 379. The summed E-state index contributed by atoms with van der Waals surface area (Å²) in [5.74, 6) is -5.21. The summed E-state index contributed by atoms with van der Waals surface area (Å²) < 4.78 is 31.9. The van der Waals surface area contributed by atoms with Crippen molar-refractivity contribution in [3.8, 4) is 0 Å². The van der Waals surface area contributed by atoms with Gasteiger partial charge in [-0.2, -0.15) is 0 Å². The molecule has 0 heterocycles. The van der Waals surface area contributed by atoms with Crippen molar-refractivity contribution in [2.75, 3.05) is 0 Å². The lowest BCUT2D eigenvalue weighted by molar-refractivity contribution is -0.140. The first-order chi connectivity index (χ1) is 9.01. The third-order valence-electron chi connectivity index (χ3n) is 3.17. The van der Waals surface area contributed by atoms with Crippen molar-refractivity contribution in [2.24, 2.45) is 5.92 Å². The third-order valence-corrected chi connectivity index (χ3v) is 3.17. The average Bonchev–Trinajstić information content (AvgIpc) is 2.54. The zero-order valence-electron chi connectivity index (χ0n) is 11.9. The van der Waals surface area contributed by atoms with Gasteiger partial charge in [0.1, 0.15) is 11.6 Å². The lowest BCUT2D eigenvalue weighted by atomic mass is 9.96. The SMILES string of the molecule is CC(C)(C)OC(=O)NC(CC1CCCC1(F)F)C(=O)O. The summed E-state index contributed by atoms with van der Waals surface area (Å²) in [6, 6.07) is -1.36. The van der Waals surface area contributed by atoms with Crippen LogP contribution >= 0.6 is 0 Å². The van der Waals surface area contributed by atoms with Crippen molar-refractivity contribution in [2.45, 2.75) is 64.0 Å². The van der Waals surface area contributed by atoms with Gasteiger partial charge in [-0.05, 0) is 40.0 Å². The molecule has 0 aromatic rings. The number of carbonyl (C=O) groups is 2. The molecule has 0 aromatic heterocycles. The summed E-state index contributed by atoms with van der Waals surface area (Å²) in [5, 5.41) is 11.2. The molecule has 2 atom stereocenters. The summed E-state index contributed by atoms with van der Waals surface area (Å²) in [5.41, 5.74) is -0.773. The van der Waals surface area contributed by atoms with E-state index in [1.807, 2.05) is 0 Å². The first kappa shape index (κ1) is 16.7. The molecule has 5 nitrogen and oxygen atoms in total. The van der Waals surface area contributed by atoms with E-state index in [0.29, 0.717) is 6.42 Å². The van der Waals surface area contributed by atoms with Crippen LogP contribution in [0, 0.1) is 5.92 Å². The molecule has 2 unspecified atom stereocenters. The molecule has 0 saturated heterocycles. The van der Waals surface area contributed by atoms with E-state index in [2.05, 4.69) is 5.32 Å². The fourth-order valence-electron chi connectivity index (χ4n) is 2.25. The van der Waals surface area contributed by atoms with Gasteiger partial charge in [0.15, 0.2) is 0 Å². The lowest BCUT2D eigenvalue weighted by Crippen LogP contribution is -2.45. The summed E-state index contributed by atoms with van der Waals surface area (Å²) in [4.78, 5) is 22.6. The zero-order chi connectivity index (χ0) is 15.6. The highest BCUT2D eigenvalue weighted by Gasteiger charge is 2.45. The van der Waals surface area contributed by atoms with E-state index in [0.717, 1.165) is 0 Å². The molecule has 0 aliphatic heterocycles. The smallest absolute Gasteiger partial charge is 0.408 e. The van der Waals surface area contributed by atoms with E-state index >= 15 is 0 Å². The molecule has 0 aromatic carbocycles. The molecule has 20 heavy (non-hydrogen) atoms. The Balaban J connectivity index is 2.62. The monoisotopic (exact) mass is 293 g/mol. The van der Waals surface area contributed by atoms with E-state index in [1.165, 1.54) is 0 Å². The molecule has 2 N–H and O–H groups in total. The molecule has 0 bridgehead atoms. The third kappa shape index (κ3) is 4.94. The Morgan fingerprint density at radius 2 is 2.05 bits per heavy atom. The van der Waals surface area contributed by atoms with Crippen molar-refractivity contribution >= 4 is 12.1 Å². The van der Waals surface area contributed by atoms with Crippen LogP contribution < -0.4 is 5.32 Å². The minimum Gasteiger partial charge on any atom is -0.480 e. The van der Waals surface area contributed by atoms with Gasteiger partial charge < -0.3 is 15.2 Å². The van der Waals surface area contributed by atoms with E-state index in [-0.39, 0.29) is 19.3 Å². The van der Waals surface area contributed by atoms with Crippen molar-refractivity contribution in [3.05, 3.63) is 0 Å². The van der Waals surface area contributed by atoms with Crippen LogP contribution in [0.4, 0.5) is 13.6 Å². The van der Waals surface area contributed by atoms with Crippen molar-refractivity contribution in [1.29, 1.82) is 0 Å². The highest BCUT2D eigenvalue weighted by atomic mass is 19.3. The van der Waals surface area contributed by atoms with Gasteiger partial charge in [0.05, 0.1) is 0 Å². The molecule has 0 radical (unpaired) electrons. The van der Waals surface area contributed by atoms with Gasteiger partial charge in [-0.15, -0.1) is 0 Å². The first-order valence-corrected chi connectivity index (χ1v) is 6.61. The summed E-state index contributed by atoms with van der Waals surface area (Å²) in [6.07, 6.45) is -0.785. The molecule has 1 fully saturated rings. The number of ether oxygens (including phenoxy) is 1. The molecule has 116 valence electrons. The highest BCUT2D eigenvalue weighted by molar-refractivity contribution is 5.80. The molecule has 7 heteroatoms. The van der Waals surface area contributed by atoms with E-state index in [1.54, 1.807) is 20.8 Å². The van der Waals surface area contributed by atoms with Crippen LogP contribution in [-0.2, 0) is 9.53 Å². The number of hydrogen-bond acceptors (Lipinski definition) is 3. The number of alkyl halides is 2. The number of carboxylic acid groups (broad SMARTS) is 1. The maximum Gasteiger partial charge on any atom is 0.408 e. The Morgan fingerprint density at radius 3 is 2.45 bits per heavy atom. The van der Waals surface area contributed by atoms with Crippen LogP contribution in [0.5, 0.6) is 0 Å². The number of alkyl carbamates (subject to hydrolysis) is 1. The normalized spacial score (nSPS) is 23.1. The second-order valence-corrected chi connectivity index (χ2v) is 6.12. The minimum absolute atomic E-state index is 0.226. The number of amides is 1. The molecule has 1 aliphatic carbocycles. The van der Waals surface area contributed by atoms with Gasteiger partial charge in [0, 0.05) is 12.3 Å². The van der Waals surface area contributed by atoms with E-state index < -0.39 is 35.5 Å². The fourth-order valence-corrected chi connectivity index (χ4v) is 2.25. The predicted molar refractivity (Wildman–Crippen MR) is 67.7 cm³/mol. The Kier molecular flexibility index (Phi) is 4.94. The standard InChI is InChI=1S/C13H21F2NO4/c1-12(2,3)20-11(19)16-9(10(17)18)7-8-5-4-6-13(8,14)15/h8-9H,4-7H2,1-3H3,(H,16,19)(H,17,18). The largest absolute Gasteiger partial charge is 0.480 e. The predicted octanol–water partition coefficient (Wildman–Crippen LogP) is 2.79. The molecule has 1 aliphatic rings. The molecule has 1 amide bonds. The Hall–Kier alpha value is -1.40. The van der Waals surface area contributed by atoms with E-state index in [9.17, 15) is 18.4 Å². The number of carbonyl (C=O) groups excluding carboxylic acids is 1. The second kappa shape index (κ2) is 5.93. The quantitative estimate of drug-likeness (QED) is 0.835. The fraction of sp³-hybridized carbons (Fsp3) is 0.846. The molecule has 1 saturated carbocycles. The summed E-state index contributed by atoms with van der Waals surface area (Å²) in [7, 11) is 0. The molecule has 1 rings (SSSR count). The second-order valence-electron chi connectivity index (χ2n) is 6.12. The number of hydrogen-bond donors (Lipinski definition) is 2. The number of carboxylic acids is 1. The minimum atomic E-state index is -2.86. The van der Waals surface area contributed by atoms with Crippen LogP contribution in [0.1, 0.15) is 46.5 Å². The van der Waals surface area contributed by atoms with Crippen molar-refractivity contribution in [1.82, 2.24) is 5.32 Å². The van der Waals surface area contributed by atoms with Crippen LogP contribution in [0.15, 0.2) is 0 Å². The van der Waals surface area contributed by atoms with Crippen LogP contribution in [0.25, 0.3) is 0 Å². The van der Waals surface area contributed by atoms with Crippen molar-refractivity contribution in [3.63, 3.8) is 0 Å². The summed E-state index contributed by atoms with van der Waals surface area (Å²) in [6.45, 7) is 4.90. The first-order valence-electron chi connectivity index (χ1n) is 6.61. The maximum absolute atomic E-state index is 13.5. The Morgan fingerprint density at radius 1 is 1.45 bits per heavy atom. The zero-order valence-corrected chi connectivity index (χ0v) is 11.9. The van der Waals surface area contributed by atoms with Gasteiger partial charge in [0.25, 0.3) is 5.92 Å². The number of halogens is 2. The maximum atomic E-state index is 13.5. The average molecular weight is 293 g/mol. The van der Waals surface area contributed by atoms with Gasteiger partial charge in [-0.25, -0.2) is 18.4 Å². The van der Waals surface area contributed by atoms with Crippen LogP contribution in [0.2, 0.25) is 0 Å². The number of rotatable bonds is 4. The molecular weight excluding hydrogens is 272 g/mol. The van der Waals surface area contributed by atoms with Gasteiger partial charge in [-0.3, -0.25) is 0 Å². The van der Waals surface area contributed by atoms with E-state index in [4.69, 9.17) is 9.84 Å². The van der Waals surface area contributed by atoms with Crippen molar-refractivity contribution < 1.29 is 28.2 Å². The van der Waals surface area contributed by atoms with Crippen LogP contribution in [-0.4, -0.2) is 34.7 Å². The topological polar surface area (TPSA) is 75.6 Å². The number of nitrogens with one attached hydrogen (secondary N) is 1. The number of aliphatic carboxylic acids is 1. The highest BCUT2D eigenvalue weighted by Crippen LogP contribution is 2.42. The summed E-state index contributed by atoms with van der Waals surface area (Å²) >= 11 is 0.